The Bertz CT molecular complexity index is 1480. The normalized spacial score (nSPS) is 18.1. The van der Waals surface area contributed by atoms with E-state index < -0.39 is 5.89 Å². The number of hydrogen-bond acceptors (Lipinski definition) is 2. The van der Waals surface area contributed by atoms with Gasteiger partial charge in [0.05, 0.1) is 19.9 Å². The van der Waals surface area contributed by atoms with E-state index in [9.17, 15) is 6.63 Å². The van der Waals surface area contributed by atoms with Gasteiger partial charge in [-0.25, -0.2) is 4.57 Å². The summed E-state index contributed by atoms with van der Waals surface area (Å²) in [6.45, 7) is 1.93. The highest BCUT2D eigenvalue weighted by Crippen LogP contribution is 2.39. The number of benzene rings is 2. The summed E-state index contributed by atoms with van der Waals surface area (Å²) in [5.41, 5.74) is 4.03. The van der Waals surface area contributed by atoms with E-state index in [0.717, 1.165) is 35.6 Å². The molecule has 29 heavy (non-hydrogen) atoms. The number of hydrogen-bond donors (Lipinski definition) is 0. The Labute approximate surface area is 176 Å². The molecule has 1 fully saturated rings. The molecule has 0 spiro atoms. The fourth-order valence-electron chi connectivity index (χ4n) is 4.44. The molecule has 1 aliphatic rings. The number of nitriles is 1. The van der Waals surface area contributed by atoms with Crippen molar-refractivity contribution in [1.82, 2.24) is 0 Å². The summed E-state index contributed by atoms with van der Waals surface area (Å²) in [5, 5.41) is 11.1. The van der Waals surface area contributed by atoms with E-state index in [4.69, 9.17) is 8.53 Å². The maximum absolute atomic E-state index is 9.63. The van der Waals surface area contributed by atoms with Crippen LogP contribution in [-0.2, 0) is 7.05 Å². The first kappa shape index (κ1) is 14.0. The molecule has 0 unspecified atom stereocenters. The molecule has 0 bridgehead atoms. The van der Waals surface area contributed by atoms with E-state index in [-0.39, 0.29) is 18.3 Å². The van der Waals surface area contributed by atoms with E-state index in [2.05, 4.69) is 6.07 Å². The van der Waals surface area contributed by atoms with Crippen LogP contribution < -0.4 is 4.57 Å². The van der Waals surface area contributed by atoms with Crippen LogP contribution in [0.15, 0.2) is 53.0 Å². The van der Waals surface area contributed by atoms with E-state index in [1.807, 2.05) is 25.1 Å². The molecular weight excluding hydrogens is 356 g/mol. The molecule has 0 N–H and O–H groups in total. The summed E-state index contributed by atoms with van der Waals surface area (Å²) in [7, 11) is 1.69. The van der Waals surface area contributed by atoms with Crippen LogP contribution in [0.3, 0.4) is 0 Å². The second-order valence-electron chi connectivity index (χ2n) is 7.84. The Kier molecular flexibility index (Phi) is 3.39. The van der Waals surface area contributed by atoms with Crippen LogP contribution in [-0.4, -0.2) is 0 Å². The monoisotopic (exact) mass is 385 g/mol. The van der Waals surface area contributed by atoms with Crippen molar-refractivity contribution in [3.05, 3.63) is 65.3 Å². The molecule has 0 atom stereocenters. The topological polar surface area (TPSA) is 40.8 Å². The van der Waals surface area contributed by atoms with Crippen LogP contribution in [0.1, 0.15) is 60.2 Å². The van der Waals surface area contributed by atoms with Crippen molar-refractivity contribution in [1.29, 1.82) is 5.26 Å². The lowest BCUT2D eigenvalue weighted by atomic mass is 9.84. The average molecular weight is 386 g/mol. The molecule has 0 amide bonds. The van der Waals surface area contributed by atoms with Crippen LogP contribution >= 0.6 is 0 Å². The first-order valence-electron chi connectivity index (χ1n) is 12.1. The van der Waals surface area contributed by atoms with Crippen LogP contribution in [0.2, 0.25) is 0 Å². The molecule has 4 aromatic rings. The molecule has 0 radical (unpaired) electrons. The van der Waals surface area contributed by atoms with Gasteiger partial charge in [0.2, 0.25) is 5.69 Å². The summed E-state index contributed by atoms with van der Waals surface area (Å²) in [6.07, 6.45) is 4.01. The Morgan fingerprint density at radius 3 is 2.83 bits per heavy atom. The van der Waals surface area contributed by atoms with Gasteiger partial charge in [0, 0.05) is 24.2 Å². The fourth-order valence-corrected chi connectivity index (χ4v) is 4.44. The summed E-state index contributed by atoms with van der Waals surface area (Å²) in [4.78, 5) is 0. The summed E-state index contributed by atoms with van der Waals surface area (Å²) < 4.78 is 43.4. The molecule has 3 heteroatoms. The number of pyridine rings is 1. The third-order valence-corrected chi connectivity index (χ3v) is 5.97. The maximum Gasteiger partial charge on any atom is 0.216 e. The van der Waals surface area contributed by atoms with E-state index in [1.165, 1.54) is 0 Å². The van der Waals surface area contributed by atoms with Gasteiger partial charge < -0.3 is 4.42 Å². The lowest BCUT2D eigenvalue weighted by Gasteiger charge is -2.21. The third-order valence-electron chi connectivity index (χ3n) is 5.97. The molecule has 1 saturated carbocycles. The van der Waals surface area contributed by atoms with Gasteiger partial charge in [-0.15, -0.1) is 0 Å². The number of fused-ring (bicyclic) bond motifs is 3. The van der Waals surface area contributed by atoms with E-state index in [1.54, 1.807) is 23.7 Å². The predicted molar refractivity (Wildman–Crippen MR) is 116 cm³/mol. The number of aromatic nitrogens is 1. The van der Waals surface area contributed by atoms with Crippen molar-refractivity contribution < 1.29 is 14.5 Å². The summed E-state index contributed by atoms with van der Waals surface area (Å²) >= 11 is 0. The lowest BCUT2D eigenvalue weighted by molar-refractivity contribution is -0.660. The first-order valence-corrected chi connectivity index (χ1v) is 10.1. The van der Waals surface area contributed by atoms with Gasteiger partial charge in [-0.1, -0.05) is 37.5 Å². The quantitative estimate of drug-likeness (QED) is 0.380. The van der Waals surface area contributed by atoms with Crippen LogP contribution in [0, 0.1) is 18.3 Å². The molecule has 3 nitrogen and oxygen atoms in total. The number of nitrogens with zero attached hydrogens (tertiary/aromatic N) is 2. The molecule has 2 aromatic heterocycles. The highest BCUT2D eigenvalue weighted by atomic mass is 16.3. The molecule has 2 aromatic carbocycles. The SMILES string of the molecule is [2H]c1c(C2([2H])CCCCC2)c([2H])c(-c2c(C)ccc3c2oc2cccc(C#N)c23)[n+](C)c1[2H]. The Balaban J connectivity index is 1.90. The third kappa shape index (κ3) is 2.91. The second-order valence-corrected chi connectivity index (χ2v) is 7.84. The van der Waals surface area contributed by atoms with E-state index in [0.29, 0.717) is 46.4 Å². The average Bonchev–Trinajstić information content (AvgIpc) is 3.18. The van der Waals surface area contributed by atoms with Gasteiger partial charge in [-0.05, 0) is 48.9 Å². The van der Waals surface area contributed by atoms with Crippen molar-refractivity contribution in [2.75, 3.05) is 0 Å². The minimum absolute atomic E-state index is 0.0153. The molecule has 144 valence electrons. The maximum atomic E-state index is 9.63. The zero-order valence-corrected chi connectivity index (χ0v) is 16.7. The van der Waals surface area contributed by atoms with Gasteiger partial charge in [0.15, 0.2) is 6.17 Å². The van der Waals surface area contributed by atoms with Gasteiger partial charge in [0.1, 0.15) is 19.6 Å². The number of furan rings is 1. The van der Waals surface area contributed by atoms with Gasteiger partial charge in [-0.3, -0.25) is 0 Å². The highest BCUT2D eigenvalue weighted by molar-refractivity contribution is 6.11. The Morgan fingerprint density at radius 1 is 1.21 bits per heavy atom. The van der Waals surface area contributed by atoms with Gasteiger partial charge in [-0.2, -0.15) is 5.26 Å². The second kappa shape index (κ2) is 7.04. The van der Waals surface area contributed by atoms with Gasteiger partial charge in [0.25, 0.3) is 0 Å². The van der Waals surface area contributed by atoms with Crippen LogP contribution in [0.25, 0.3) is 33.2 Å². The van der Waals surface area contributed by atoms with Crippen LogP contribution in [0.5, 0.6) is 0 Å². The molecule has 0 saturated heterocycles. The zero-order valence-electron chi connectivity index (χ0n) is 20.7. The molecule has 0 aliphatic heterocycles. The van der Waals surface area contributed by atoms with Crippen molar-refractivity contribution in [3.63, 3.8) is 0 Å². The first-order chi connectivity index (χ1) is 15.8. The van der Waals surface area contributed by atoms with Crippen molar-refractivity contribution in [2.45, 2.75) is 44.9 Å². The Hall–Kier alpha value is -3.12. The number of rotatable bonds is 2. The minimum atomic E-state index is -1.03. The highest BCUT2D eigenvalue weighted by Gasteiger charge is 2.24. The summed E-state index contributed by atoms with van der Waals surface area (Å²) in [6, 6.07) is 11.6. The smallest absolute Gasteiger partial charge is 0.216 e. The standard InChI is InChI=1S/C26H25N2O/c1-17-11-12-21-25-20(16-27)9-6-10-23(25)29-26(21)24(17)22-15-19(13-14-28(22)2)18-7-4-3-5-8-18/h6,9-15,18H,3-5,7-8H2,1-2H3/q+1/i13D,14D,15D,18D. The number of aryl methyl sites for hydroxylation is 1. The molecular formula is C26H25N2O+. The van der Waals surface area contributed by atoms with Crippen molar-refractivity contribution >= 4 is 21.9 Å². The van der Waals surface area contributed by atoms with E-state index >= 15 is 0 Å². The van der Waals surface area contributed by atoms with Crippen LogP contribution in [0.4, 0.5) is 0 Å². The molecule has 1 aliphatic carbocycles. The van der Waals surface area contributed by atoms with Gasteiger partial charge >= 0.3 is 0 Å². The zero-order chi connectivity index (χ0) is 23.5. The summed E-state index contributed by atoms with van der Waals surface area (Å²) in [5.74, 6) is -1.03. The van der Waals surface area contributed by atoms with Crippen molar-refractivity contribution in [2.24, 2.45) is 7.05 Å². The van der Waals surface area contributed by atoms with Crippen molar-refractivity contribution in [3.8, 4) is 17.3 Å². The fraction of sp³-hybridized carbons (Fsp3) is 0.308. The molecule has 5 rings (SSSR count). The predicted octanol–water partition coefficient (Wildman–Crippen LogP) is 6.31. The minimum Gasteiger partial charge on any atom is -0.455 e. The largest absolute Gasteiger partial charge is 0.455 e. The molecule has 2 heterocycles. The Morgan fingerprint density at radius 2 is 2.03 bits per heavy atom. The lowest BCUT2D eigenvalue weighted by Crippen LogP contribution is -2.31.